The van der Waals surface area contributed by atoms with Gasteiger partial charge in [0.05, 0.1) is 10.4 Å². The summed E-state index contributed by atoms with van der Waals surface area (Å²) in [5, 5.41) is 0.543. The topological polar surface area (TPSA) is 58.6 Å². The molecule has 0 bridgehead atoms. The quantitative estimate of drug-likeness (QED) is 0.555. The Morgan fingerprint density at radius 2 is 1.75 bits per heavy atom. The molecule has 0 aromatic heterocycles. The Kier molecular flexibility index (Phi) is 7.44. The zero-order chi connectivity index (χ0) is 23.6. The van der Waals surface area contributed by atoms with Crippen molar-refractivity contribution >= 4 is 21.6 Å². The summed E-state index contributed by atoms with van der Waals surface area (Å²) in [5.74, 6) is 0.0410. The van der Waals surface area contributed by atoms with Crippen LogP contribution in [0.3, 0.4) is 0 Å². The summed E-state index contributed by atoms with van der Waals surface area (Å²) in [6, 6.07) is 11.2. The number of hydrogen-bond acceptors (Lipinski definition) is 4. The first-order valence-electron chi connectivity index (χ1n) is 10.3. The van der Waals surface area contributed by atoms with Gasteiger partial charge in [0.25, 0.3) is 0 Å². The first-order valence-corrected chi connectivity index (χ1v) is 12.1. The number of likely N-dealkylation sites (tertiary alicyclic amines) is 1. The number of halogens is 4. The smallest absolute Gasteiger partial charge is 0.406 e. The molecule has 1 aliphatic rings. The average Bonchev–Trinajstić information content (AvgIpc) is 3.09. The number of nitrogens with zero attached hydrogens (tertiary/aromatic N) is 1. The third-order valence-corrected chi connectivity index (χ3v) is 7.27. The molecule has 0 amide bonds. The molecule has 0 unspecified atom stereocenters. The van der Waals surface area contributed by atoms with Crippen LogP contribution in [-0.4, -0.2) is 39.3 Å². The molecule has 1 aliphatic heterocycles. The molecule has 0 aliphatic carbocycles. The fourth-order valence-electron chi connectivity index (χ4n) is 3.80. The first-order chi connectivity index (χ1) is 14.9. The van der Waals surface area contributed by atoms with Crippen LogP contribution in [0.2, 0.25) is 5.02 Å². The lowest BCUT2D eigenvalue weighted by atomic mass is 9.90. The van der Waals surface area contributed by atoms with E-state index in [9.17, 15) is 21.6 Å². The van der Waals surface area contributed by atoms with E-state index >= 15 is 0 Å². The van der Waals surface area contributed by atoms with Gasteiger partial charge in [0, 0.05) is 18.1 Å². The van der Waals surface area contributed by atoms with Crippen LogP contribution >= 0.6 is 11.6 Å². The van der Waals surface area contributed by atoms with E-state index in [0.717, 1.165) is 49.3 Å². The summed E-state index contributed by atoms with van der Waals surface area (Å²) in [4.78, 5) is 2.08. The zero-order valence-corrected chi connectivity index (χ0v) is 19.4. The Hall–Kier alpha value is -1.81. The highest BCUT2D eigenvalue weighted by molar-refractivity contribution is 7.89. The average molecular weight is 491 g/mol. The van der Waals surface area contributed by atoms with Crippen molar-refractivity contribution in [2.24, 2.45) is 5.92 Å². The summed E-state index contributed by atoms with van der Waals surface area (Å²) in [5.41, 5.74) is -0.0869. The van der Waals surface area contributed by atoms with Crippen LogP contribution in [0.4, 0.5) is 13.2 Å². The van der Waals surface area contributed by atoms with Crippen LogP contribution in [0.25, 0.3) is 0 Å². The van der Waals surface area contributed by atoms with Crippen molar-refractivity contribution in [2.75, 3.05) is 19.6 Å². The third-order valence-electron chi connectivity index (χ3n) is 5.47. The molecule has 176 valence electrons. The van der Waals surface area contributed by atoms with E-state index in [1.807, 2.05) is 0 Å². The molecule has 2 aromatic rings. The Labute approximate surface area is 191 Å². The number of sulfonamides is 1. The van der Waals surface area contributed by atoms with Gasteiger partial charge in [0.15, 0.2) is 0 Å². The van der Waals surface area contributed by atoms with Gasteiger partial charge in [-0.15, -0.1) is 13.2 Å². The normalized spacial score (nSPS) is 20.1. The Balaban J connectivity index is 1.86. The van der Waals surface area contributed by atoms with Crippen LogP contribution in [0, 0.1) is 5.92 Å². The highest BCUT2D eigenvalue weighted by Crippen LogP contribution is 2.35. The van der Waals surface area contributed by atoms with Crippen LogP contribution < -0.4 is 9.46 Å². The Morgan fingerprint density at radius 3 is 2.31 bits per heavy atom. The van der Waals surface area contributed by atoms with Crippen LogP contribution in [0.15, 0.2) is 53.4 Å². The van der Waals surface area contributed by atoms with Gasteiger partial charge in [-0.2, -0.15) is 4.72 Å². The van der Waals surface area contributed by atoms with Crippen LogP contribution in [0.1, 0.15) is 32.3 Å². The lowest BCUT2D eigenvalue weighted by Crippen LogP contribution is -2.47. The second-order valence-corrected chi connectivity index (χ2v) is 10.5. The lowest BCUT2D eigenvalue weighted by Gasteiger charge is -2.31. The minimum Gasteiger partial charge on any atom is -0.406 e. The largest absolute Gasteiger partial charge is 0.573 e. The number of hydrogen-bond donors (Lipinski definition) is 1. The molecule has 0 spiro atoms. The summed E-state index contributed by atoms with van der Waals surface area (Å²) in [7, 11) is -4.02. The molecular weight excluding hydrogens is 465 g/mol. The molecule has 1 fully saturated rings. The third kappa shape index (κ3) is 6.37. The fourth-order valence-corrected chi connectivity index (χ4v) is 5.34. The van der Waals surface area contributed by atoms with Gasteiger partial charge in [-0.3, -0.25) is 0 Å². The second kappa shape index (κ2) is 9.59. The summed E-state index contributed by atoms with van der Waals surface area (Å²) in [6.07, 6.45) is -3.30. The van der Waals surface area contributed by atoms with E-state index in [2.05, 4.69) is 28.2 Å². The van der Waals surface area contributed by atoms with Gasteiger partial charge in [0.2, 0.25) is 10.0 Å². The van der Waals surface area contributed by atoms with Crippen molar-refractivity contribution < 1.29 is 26.3 Å². The van der Waals surface area contributed by atoms with Crippen molar-refractivity contribution in [1.29, 1.82) is 0 Å². The molecule has 1 N–H and O–H groups in total. The van der Waals surface area contributed by atoms with E-state index in [1.54, 1.807) is 24.3 Å². The van der Waals surface area contributed by atoms with Gasteiger partial charge in [0.1, 0.15) is 5.75 Å². The summed E-state index contributed by atoms with van der Waals surface area (Å²) >= 11 is 6.03. The van der Waals surface area contributed by atoms with E-state index in [-0.39, 0.29) is 4.90 Å². The number of rotatable bonds is 8. The number of benzene rings is 2. The second-order valence-electron chi connectivity index (χ2n) is 8.42. The standard InChI is InChI=1S/C22H26ClF3N2O3S/c1-16(2)11-13-28-14-12-21(15-28,17-3-5-18(23)6-4-17)27-32(29,30)20-9-7-19(8-10-20)31-22(24,25)26/h3-10,16,27H,11-15H2,1-2H3/t21-/m0/s1. The first kappa shape index (κ1) is 24.8. The predicted molar refractivity (Wildman–Crippen MR) is 117 cm³/mol. The van der Waals surface area contributed by atoms with E-state index < -0.39 is 27.7 Å². The maximum atomic E-state index is 13.2. The molecule has 0 saturated carbocycles. The van der Waals surface area contributed by atoms with Crippen molar-refractivity contribution in [3.63, 3.8) is 0 Å². The monoisotopic (exact) mass is 490 g/mol. The van der Waals surface area contributed by atoms with Crippen molar-refractivity contribution in [3.05, 3.63) is 59.1 Å². The molecule has 0 radical (unpaired) electrons. The van der Waals surface area contributed by atoms with Crippen LogP contribution in [0.5, 0.6) is 5.75 Å². The van der Waals surface area contributed by atoms with Gasteiger partial charge < -0.3 is 9.64 Å². The summed E-state index contributed by atoms with van der Waals surface area (Å²) in [6.45, 7) is 6.32. The fraction of sp³-hybridized carbons (Fsp3) is 0.455. The van der Waals surface area contributed by atoms with E-state index in [1.165, 1.54) is 0 Å². The molecule has 1 atom stereocenters. The van der Waals surface area contributed by atoms with Crippen molar-refractivity contribution in [3.8, 4) is 5.75 Å². The molecule has 1 heterocycles. The van der Waals surface area contributed by atoms with Gasteiger partial charge in [-0.25, -0.2) is 8.42 Å². The maximum absolute atomic E-state index is 13.2. The van der Waals surface area contributed by atoms with Crippen molar-refractivity contribution in [1.82, 2.24) is 9.62 Å². The molecule has 2 aromatic carbocycles. The SMILES string of the molecule is CC(C)CCN1CC[C@@](NS(=O)(=O)c2ccc(OC(F)(F)F)cc2)(c2ccc(Cl)cc2)C1. The number of ether oxygens (including phenoxy) is 1. The molecule has 3 rings (SSSR count). The van der Waals surface area contributed by atoms with E-state index in [4.69, 9.17) is 11.6 Å². The molecular formula is C22H26ClF3N2O3S. The van der Waals surface area contributed by atoms with Gasteiger partial charge >= 0.3 is 6.36 Å². The highest BCUT2D eigenvalue weighted by atomic mass is 35.5. The zero-order valence-electron chi connectivity index (χ0n) is 17.8. The number of nitrogens with one attached hydrogen (secondary N) is 1. The Morgan fingerprint density at radius 1 is 1.12 bits per heavy atom. The maximum Gasteiger partial charge on any atom is 0.573 e. The molecule has 32 heavy (non-hydrogen) atoms. The summed E-state index contributed by atoms with van der Waals surface area (Å²) < 4.78 is 70.2. The number of alkyl halides is 3. The Bertz CT molecular complexity index is 1010. The molecule has 1 saturated heterocycles. The lowest BCUT2D eigenvalue weighted by molar-refractivity contribution is -0.274. The van der Waals surface area contributed by atoms with Gasteiger partial charge in [-0.1, -0.05) is 37.6 Å². The predicted octanol–water partition coefficient (Wildman–Crippen LogP) is 5.16. The highest BCUT2D eigenvalue weighted by Gasteiger charge is 2.43. The van der Waals surface area contributed by atoms with E-state index in [0.29, 0.717) is 23.9 Å². The molecule has 5 nitrogen and oxygen atoms in total. The van der Waals surface area contributed by atoms with Crippen molar-refractivity contribution in [2.45, 2.75) is 43.5 Å². The van der Waals surface area contributed by atoms with Crippen LogP contribution in [-0.2, 0) is 15.6 Å². The minimum absolute atomic E-state index is 0.138. The molecule has 10 heteroatoms. The van der Waals surface area contributed by atoms with Gasteiger partial charge in [-0.05, 0) is 67.3 Å². The minimum atomic E-state index is -4.85.